The van der Waals surface area contributed by atoms with E-state index in [4.69, 9.17) is 0 Å². The summed E-state index contributed by atoms with van der Waals surface area (Å²) in [5.41, 5.74) is 0.516. The molecule has 0 aromatic heterocycles. The SMILES string of the molecule is O=C(CC(=O)Nc1ccc(F)c(F)c1)NCCc1ccccc1F. The van der Waals surface area contributed by atoms with Gasteiger partial charge in [0.05, 0.1) is 0 Å². The van der Waals surface area contributed by atoms with E-state index < -0.39 is 29.9 Å². The molecule has 0 aliphatic heterocycles. The number of nitrogens with one attached hydrogen (secondary N) is 2. The Morgan fingerprint density at radius 3 is 2.33 bits per heavy atom. The summed E-state index contributed by atoms with van der Waals surface area (Å²) in [6.07, 6.45) is -0.181. The Kier molecular flexibility index (Phi) is 5.95. The third kappa shape index (κ3) is 5.12. The van der Waals surface area contributed by atoms with Crippen molar-refractivity contribution < 1.29 is 22.8 Å². The summed E-state index contributed by atoms with van der Waals surface area (Å²) in [6.45, 7) is 0.179. The molecule has 24 heavy (non-hydrogen) atoms. The van der Waals surface area contributed by atoms with Crippen LogP contribution in [0.25, 0.3) is 0 Å². The number of benzene rings is 2. The number of anilines is 1. The van der Waals surface area contributed by atoms with Gasteiger partial charge in [0.1, 0.15) is 12.2 Å². The number of halogens is 3. The van der Waals surface area contributed by atoms with Gasteiger partial charge in [-0.1, -0.05) is 18.2 Å². The molecule has 0 bridgehead atoms. The van der Waals surface area contributed by atoms with Crippen molar-refractivity contribution in [1.29, 1.82) is 0 Å². The van der Waals surface area contributed by atoms with E-state index in [9.17, 15) is 22.8 Å². The van der Waals surface area contributed by atoms with E-state index >= 15 is 0 Å². The first-order valence-corrected chi connectivity index (χ1v) is 7.20. The lowest BCUT2D eigenvalue weighted by Gasteiger charge is -2.07. The monoisotopic (exact) mass is 336 g/mol. The third-order valence-electron chi connectivity index (χ3n) is 3.20. The van der Waals surface area contributed by atoms with Crippen LogP contribution in [0.4, 0.5) is 18.9 Å². The van der Waals surface area contributed by atoms with E-state index in [2.05, 4.69) is 10.6 Å². The van der Waals surface area contributed by atoms with Gasteiger partial charge in [-0.15, -0.1) is 0 Å². The lowest BCUT2D eigenvalue weighted by molar-refractivity contribution is -0.126. The van der Waals surface area contributed by atoms with Gasteiger partial charge < -0.3 is 10.6 Å². The highest BCUT2D eigenvalue weighted by atomic mass is 19.2. The fourth-order valence-corrected chi connectivity index (χ4v) is 2.03. The number of carbonyl (C=O) groups is 2. The molecule has 2 rings (SSSR count). The summed E-state index contributed by atoms with van der Waals surface area (Å²) in [7, 11) is 0. The molecule has 2 aromatic carbocycles. The minimum Gasteiger partial charge on any atom is -0.355 e. The molecule has 0 unspecified atom stereocenters. The van der Waals surface area contributed by atoms with Crippen molar-refractivity contribution in [3.63, 3.8) is 0 Å². The Balaban J connectivity index is 1.76. The van der Waals surface area contributed by atoms with Crippen LogP contribution in [0.3, 0.4) is 0 Å². The highest BCUT2D eigenvalue weighted by Crippen LogP contribution is 2.13. The molecular weight excluding hydrogens is 321 g/mol. The molecule has 0 saturated carbocycles. The molecule has 2 N–H and O–H groups in total. The van der Waals surface area contributed by atoms with Crippen LogP contribution in [0.2, 0.25) is 0 Å². The summed E-state index contributed by atoms with van der Waals surface area (Å²) in [4.78, 5) is 23.3. The van der Waals surface area contributed by atoms with E-state index in [1.807, 2.05) is 0 Å². The van der Waals surface area contributed by atoms with Crippen LogP contribution in [-0.2, 0) is 16.0 Å². The first kappa shape index (κ1) is 17.5. The Hall–Kier alpha value is -2.83. The second kappa shape index (κ2) is 8.14. The maximum absolute atomic E-state index is 13.4. The molecule has 126 valence electrons. The van der Waals surface area contributed by atoms with Crippen LogP contribution in [-0.4, -0.2) is 18.4 Å². The molecule has 0 fully saturated rings. The maximum atomic E-state index is 13.4. The van der Waals surface area contributed by atoms with Crippen LogP contribution >= 0.6 is 0 Å². The van der Waals surface area contributed by atoms with Crippen LogP contribution < -0.4 is 10.6 Å². The van der Waals surface area contributed by atoms with Gasteiger partial charge in [0.25, 0.3) is 0 Å². The molecule has 4 nitrogen and oxygen atoms in total. The molecule has 0 saturated heterocycles. The average molecular weight is 336 g/mol. The summed E-state index contributed by atoms with van der Waals surface area (Å²) in [5, 5.41) is 4.79. The quantitative estimate of drug-likeness (QED) is 0.797. The molecule has 0 radical (unpaired) electrons. The summed E-state index contributed by atoms with van der Waals surface area (Å²) < 4.78 is 39.2. The van der Waals surface area contributed by atoms with Gasteiger partial charge in [-0.3, -0.25) is 9.59 Å². The van der Waals surface area contributed by atoms with Crippen molar-refractivity contribution in [2.45, 2.75) is 12.8 Å². The minimum absolute atomic E-state index is 0.0538. The van der Waals surface area contributed by atoms with Crippen LogP contribution in [0.15, 0.2) is 42.5 Å². The fourth-order valence-electron chi connectivity index (χ4n) is 2.03. The van der Waals surface area contributed by atoms with Crippen molar-refractivity contribution in [1.82, 2.24) is 5.32 Å². The van der Waals surface area contributed by atoms with Gasteiger partial charge in [0, 0.05) is 18.3 Å². The maximum Gasteiger partial charge on any atom is 0.233 e. The molecule has 0 spiro atoms. The molecule has 0 heterocycles. The highest BCUT2D eigenvalue weighted by molar-refractivity contribution is 6.03. The summed E-state index contributed by atoms with van der Waals surface area (Å²) in [6, 6.07) is 9.08. The predicted molar refractivity (Wildman–Crippen MR) is 82.7 cm³/mol. The zero-order valence-corrected chi connectivity index (χ0v) is 12.6. The van der Waals surface area contributed by atoms with Crippen LogP contribution in [0.5, 0.6) is 0 Å². The van der Waals surface area contributed by atoms with Crippen molar-refractivity contribution in [3.8, 4) is 0 Å². The van der Waals surface area contributed by atoms with E-state index in [1.54, 1.807) is 18.2 Å². The van der Waals surface area contributed by atoms with Gasteiger partial charge in [0.15, 0.2) is 11.6 Å². The Morgan fingerprint density at radius 2 is 1.62 bits per heavy atom. The molecule has 2 aromatic rings. The number of rotatable bonds is 6. The van der Waals surface area contributed by atoms with Crippen molar-refractivity contribution in [3.05, 3.63) is 65.5 Å². The second-order valence-corrected chi connectivity index (χ2v) is 5.05. The van der Waals surface area contributed by atoms with Gasteiger partial charge in [-0.05, 0) is 30.2 Å². The lowest BCUT2D eigenvalue weighted by atomic mass is 10.1. The zero-order valence-electron chi connectivity index (χ0n) is 12.6. The van der Waals surface area contributed by atoms with Gasteiger partial charge in [-0.2, -0.15) is 0 Å². The van der Waals surface area contributed by atoms with Gasteiger partial charge in [0.2, 0.25) is 11.8 Å². The van der Waals surface area contributed by atoms with Crippen LogP contribution in [0.1, 0.15) is 12.0 Å². The normalized spacial score (nSPS) is 10.3. The molecule has 0 aliphatic carbocycles. The van der Waals surface area contributed by atoms with Crippen molar-refractivity contribution in [2.75, 3.05) is 11.9 Å². The molecular formula is C17H15F3N2O2. The zero-order chi connectivity index (χ0) is 17.5. The van der Waals surface area contributed by atoms with E-state index in [1.165, 1.54) is 12.1 Å². The molecule has 2 amide bonds. The Bertz CT molecular complexity index is 750. The average Bonchev–Trinajstić information content (AvgIpc) is 2.52. The largest absolute Gasteiger partial charge is 0.355 e. The molecule has 0 atom stereocenters. The first-order chi connectivity index (χ1) is 11.5. The van der Waals surface area contributed by atoms with E-state index in [0.29, 0.717) is 12.0 Å². The first-order valence-electron chi connectivity index (χ1n) is 7.20. The number of hydrogen-bond donors (Lipinski definition) is 2. The number of amides is 2. The summed E-state index contributed by atoms with van der Waals surface area (Å²) in [5.74, 6) is -3.69. The summed E-state index contributed by atoms with van der Waals surface area (Å²) >= 11 is 0. The topological polar surface area (TPSA) is 58.2 Å². The Labute approximate surface area is 136 Å². The van der Waals surface area contributed by atoms with Crippen molar-refractivity contribution >= 4 is 17.5 Å². The Morgan fingerprint density at radius 1 is 0.875 bits per heavy atom. The fraction of sp³-hybridized carbons (Fsp3) is 0.176. The number of hydrogen-bond acceptors (Lipinski definition) is 2. The van der Waals surface area contributed by atoms with E-state index in [-0.39, 0.29) is 18.0 Å². The standard InChI is InChI=1S/C17H15F3N2O2/c18-13-4-2-1-3-11(13)7-8-21-16(23)10-17(24)22-12-5-6-14(19)15(20)9-12/h1-6,9H,7-8,10H2,(H,21,23)(H,22,24). The molecule has 7 heteroatoms. The predicted octanol–water partition coefficient (Wildman–Crippen LogP) is 2.79. The van der Waals surface area contributed by atoms with Crippen molar-refractivity contribution in [2.24, 2.45) is 0 Å². The van der Waals surface area contributed by atoms with Gasteiger partial charge in [-0.25, -0.2) is 13.2 Å². The molecule has 0 aliphatic rings. The second-order valence-electron chi connectivity index (χ2n) is 5.05. The smallest absolute Gasteiger partial charge is 0.233 e. The number of carbonyl (C=O) groups excluding carboxylic acids is 2. The minimum atomic E-state index is -1.10. The van der Waals surface area contributed by atoms with Gasteiger partial charge >= 0.3 is 0 Å². The highest BCUT2D eigenvalue weighted by Gasteiger charge is 2.11. The lowest BCUT2D eigenvalue weighted by Crippen LogP contribution is -2.29. The van der Waals surface area contributed by atoms with E-state index in [0.717, 1.165) is 12.1 Å². The third-order valence-corrected chi connectivity index (χ3v) is 3.20. The van der Waals surface area contributed by atoms with Crippen LogP contribution in [0, 0.1) is 17.5 Å².